The molecule has 1 aliphatic rings. The zero-order valence-electron chi connectivity index (χ0n) is 15.1. The molecule has 1 heterocycles. The second kappa shape index (κ2) is 7.08. The molecular weight excluding hydrogens is 354 g/mol. The molecule has 4 amide bonds. The van der Waals surface area contributed by atoms with Crippen molar-refractivity contribution in [3.05, 3.63) is 72.3 Å². The molecule has 0 aliphatic carbocycles. The number of barbiturate groups is 1. The maximum absolute atomic E-state index is 12.9. The molecule has 1 atom stereocenters. The van der Waals surface area contributed by atoms with E-state index in [9.17, 15) is 14.4 Å². The van der Waals surface area contributed by atoms with E-state index < -0.39 is 23.8 Å². The largest absolute Gasteiger partial charge is 0.335 e. The number of benzene rings is 3. The Hall–Kier alpha value is -3.80. The summed E-state index contributed by atoms with van der Waals surface area (Å²) in [7, 11) is 0. The molecular formula is C22H17N3O3. The number of anilines is 1. The second-order valence-electron chi connectivity index (χ2n) is 6.56. The monoisotopic (exact) mass is 371 g/mol. The van der Waals surface area contributed by atoms with Crippen LogP contribution in [0.1, 0.15) is 5.56 Å². The Morgan fingerprint density at radius 2 is 1.71 bits per heavy atom. The van der Waals surface area contributed by atoms with Crippen molar-refractivity contribution in [2.24, 2.45) is 10.9 Å². The lowest BCUT2D eigenvalue weighted by atomic mass is 10.0. The van der Waals surface area contributed by atoms with Crippen molar-refractivity contribution < 1.29 is 14.4 Å². The minimum atomic E-state index is -1.18. The van der Waals surface area contributed by atoms with Crippen molar-refractivity contribution in [1.82, 2.24) is 5.32 Å². The van der Waals surface area contributed by atoms with Crippen molar-refractivity contribution in [1.29, 1.82) is 0 Å². The predicted octanol–water partition coefficient (Wildman–Crippen LogP) is 3.75. The van der Waals surface area contributed by atoms with Crippen LogP contribution in [-0.2, 0) is 9.59 Å². The van der Waals surface area contributed by atoms with Gasteiger partial charge in [-0.3, -0.25) is 19.9 Å². The highest BCUT2D eigenvalue weighted by atomic mass is 16.2. The van der Waals surface area contributed by atoms with Gasteiger partial charge >= 0.3 is 6.03 Å². The van der Waals surface area contributed by atoms with Crippen LogP contribution in [0.5, 0.6) is 0 Å². The third kappa shape index (κ3) is 3.16. The highest BCUT2D eigenvalue weighted by Crippen LogP contribution is 2.26. The summed E-state index contributed by atoms with van der Waals surface area (Å²) in [4.78, 5) is 42.8. The number of amides is 4. The molecule has 1 fully saturated rings. The van der Waals surface area contributed by atoms with Gasteiger partial charge < -0.3 is 0 Å². The fourth-order valence-electron chi connectivity index (χ4n) is 3.21. The lowest BCUT2D eigenvalue weighted by molar-refractivity contribution is -0.131. The van der Waals surface area contributed by atoms with Crippen LogP contribution < -0.4 is 10.2 Å². The van der Waals surface area contributed by atoms with E-state index in [4.69, 9.17) is 0 Å². The molecule has 138 valence electrons. The highest BCUT2D eigenvalue weighted by Gasteiger charge is 2.40. The van der Waals surface area contributed by atoms with Crippen molar-refractivity contribution in [3.63, 3.8) is 0 Å². The summed E-state index contributed by atoms with van der Waals surface area (Å²) >= 11 is 0. The van der Waals surface area contributed by atoms with Gasteiger partial charge in [-0.05, 0) is 36.1 Å². The molecule has 3 aromatic rings. The number of nitrogens with zero attached hydrogens (tertiary/aromatic N) is 2. The number of hydrogen-bond acceptors (Lipinski definition) is 4. The van der Waals surface area contributed by atoms with Crippen LogP contribution in [0.3, 0.4) is 0 Å². The number of carbonyl (C=O) groups excluding carboxylic acids is 3. The summed E-state index contributed by atoms with van der Waals surface area (Å²) in [6, 6.07) is 19.6. The number of urea groups is 1. The molecule has 1 N–H and O–H groups in total. The number of aliphatic imine (C=N–C) groups is 1. The van der Waals surface area contributed by atoms with Crippen LogP contribution in [0.2, 0.25) is 0 Å². The summed E-state index contributed by atoms with van der Waals surface area (Å²) in [6.45, 7) is 1.86. The first-order valence-corrected chi connectivity index (χ1v) is 8.82. The molecule has 0 radical (unpaired) electrons. The molecule has 4 rings (SSSR count). The van der Waals surface area contributed by atoms with Gasteiger partial charge in [0.25, 0.3) is 5.91 Å². The predicted molar refractivity (Wildman–Crippen MR) is 108 cm³/mol. The van der Waals surface area contributed by atoms with Gasteiger partial charge in [0.1, 0.15) is 0 Å². The zero-order chi connectivity index (χ0) is 19.7. The smallest absolute Gasteiger partial charge is 0.276 e. The molecule has 0 unspecified atom stereocenters. The van der Waals surface area contributed by atoms with Crippen molar-refractivity contribution in [3.8, 4) is 0 Å². The van der Waals surface area contributed by atoms with Crippen molar-refractivity contribution >= 4 is 46.2 Å². The third-order valence-electron chi connectivity index (χ3n) is 4.59. The molecule has 0 saturated carbocycles. The first kappa shape index (κ1) is 17.6. The molecule has 0 bridgehead atoms. The minimum Gasteiger partial charge on any atom is -0.276 e. The van der Waals surface area contributed by atoms with Gasteiger partial charge in [0.15, 0.2) is 5.92 Å². The maximum atomic E-state index is 12.9. The Bertz CT molecular complexity index is 1130. The normalized spacial score (nSPS) is 17.4. The Balaban J connectivity index is 1.68. The maximum Gasteiger partial charge on any atom is 0.335 e. The van der Waals surface area contributed by atoms with Gasteiger partial charge in [-0.2, -0.15) is 0 Å². The van der Waals surface area contributed by atoms with Crippen molar-refractivity contribution in [2.45, 2.75) is 6.92 Å². The molecule has 1 saturated heterocycles. The van der Waals surface area contributed by atoms with Gasteiger partial charge in [-0.1, -0.05) is 48.5 Å². The quantitative estimate of drug-likeness (QED) is 0.562. The van der Waals surface area contributed by atoms with Crippen molar-refractivity contribution in [2.75, 3.05) is 4.90 Å². The van der Waals surface area contributed by atoms with E-state index in [0.29, 0.717) is 11.4 Å². The third-order valence-corrected chi connectivity index (χ3v) is 4.59. The second-order valence-corrected chi connectivity index (χ2v) is 6.56. The number of aryl methyl sites for hydroxylation is 1. The standard InChI is InChI=1S/C22H17N3O3/c1-14-6-4-9-16(12-14)25-21(27)18(20(26)24-22(25)28)13-23-19-11-5-8-15-7-2-3-10-17(15)19/h2-13,18H,1H3,(H,24,26,28)/t18-/m0/s1. The Morgan fingerprint density at radius 1 is 0.964 bits per heavy atom. The van der Waals surface area contributed by atoms with Crippen LogP contribution in [0.25, 0.3) is 10.8 Å². The van der Waals surface area contributed by atoms with Gasteiger partial charge in [-0.25, -0.2) is 9.69 Å². The van der Waals surface area contributed by atoms with E-state index in [1.54, 1.807) is 18.2 Å². The van der Waals surface area contributed by atoms with E-state index in [0.717, 1.165) is 21.2 Å². The van der Waals surface area contributed by atoms with Gasteiger partial charge in [0, 0.05) is 11.6 Å². The number of imide groups is 2. The fraction of sp³-hybridized carbons (Fsp3) is 0.0909. The highest BCUT2D eigenvalue weighted by molar-refractivity contribution is 6.32. The van der Waals surface area contributed by atoms with Crippen LogP contribution >= 0.6 is 0 Å². The summed E-state index contributed by atoms with van der Waals surface area (Å²) in [5, 5.41) is 4.16. The number of rotatable bonds is 3. The Morgan fingerprint density at radius 3 is 2.54 bits per heavy atom. The zero-order valence-corrected chi connectivity index (χ0v) is 15.1. The van der Waals surface area contributed by atoms with Crippen LogP contribution in [0.15, 0.2) is 71.7 Å². The van der Waals surface area contributed by atoms with Gasteiger partial charge in [0.2, 0.25) is 5.91 Å². The molecule has 6 heteroatoms. The lowest BCUT2D eigenvalue weighted by Gasteiger charge is -2.28. The molecule has 0 spiro atoms. The number of carbonyl (C=O) groups is 3. The first-order valence-electron chi connectivity index (χ1n) is 8.82. The summed E-state index contributed by atoms with van der Waals surface area (Å²) in [6.07, 6.45) is 1.30. The lowest BCUT2D eigenvalue weighted by Crippen LogP contribution is -2.58. The summed E-state index contributed by atoms with van der Waals surface area (Å²) in [5.74, 6) is -2.48. The van der Waals surface area contributed by atoms with E-state index in [-0.39, 0.29) is 0 Å². The molecule has 0 aromatic heterocycles. The first-order chi connectivity index (χ1) is 13.5. The summed E-state index contributed by atoms with van der Waals surface area (Å²) in [5.41, 5.74) is 1.97. The Kier molecular flexibility index (Phi) is 4.45. The average Bonchev–Trinajstić information content (AvgIpc) is 2.67. The number of hydrogen-bond donors (Lipinski definition) is 1. The molecule has 3 aromatic carbocycles. The van der Waals surface area contributed by atoms with E-state index in [1.165, 1.54) is 6.21 Å². The number of fused-ring (bicyclic) bond motifs is 1. The van der Waals surface area contributed by atoms with E-state index >= 15 is 0 Å². The molecule has 28 heavy (non-hydrogen) atoms. The van der Waals surface area contributed by atoms with Gasteiger partial charge in [0.05, 0.1) is 11.4 Å². The van der Waals surface area contributed by atoms with Crippen LogP contribution in [0.4, 0.5) is 16.2 Å². The summed E-state index contributed by atoms with van der Waals surface area (Å²) < 4.78 is 0. The number of nitrogens with one attached hydrogen (secondary N) is 1. The van der Waals surface area contributed by atoms with Crippen LogP contribution in [0, 0.1) is 12.8 Å². The SMILES string of the molecule is Cc1cccc(N2C(=O)NC(=O)[C@H](C=Nc3cccc4ccccc34)C2=O)c1. The average molecular weight is 371 g/mol. The topological polar surface area (TPSA) is 78.8 Å². The van der Waals surface area contributed by atoms with E-state index in [2.05, 4.69) is 10.3 Å². The molecule has 6 nitrogen and oxygen atoms in total. The Labute approximate surface area is 161 Å². The van der Waals surface area contributed by atoms with Crippen LogP contribution in [-0.4, -0.2) is 24.1 Å². The fourth-order valence-corrected chi connectivity index (χ4v) is 3.21. The minimum absolute atomic E-state index is 0.415. The van der Waals surface area contributed by atoms with E-state index in [1.807, 2.05) is 55.5 Å². The molecule has 1 aliphatic heterocycles. The van der Waals surface area contributed by atoms with Gasteiger partial charge in [-0.15, -0.1) is 0 Å².